The molecule has 0 aromatic carbocycles. The Bertz CT molecular complexity index is 482. The van der Waals surface area contributed by atoms with Gasteiger partial charge >= 0.3 is 6.18 Å². The summed E-state index contributed by atoms with van der Waals surface area (Å²) in [7, 11) is 0. The standard InChI is InChI=1S/C13H18F3N3O/c1-3-10-8-11(18-9(2)17-10)19-6-4-12(20,5-7-19)13(14,15)16/h8,20H,3-7H2,1-2H3. The number of nitrogens with zero attached hydrogens (tertiary/aromatic N) is 3. The van der Waals surface area contributed by atoms with Gasteiger partial charge in [0.25, 0.3) is 0 Å². The molecule has 1 N–H and O–H groups in total. The molecule has 1 aliphatic rings. The van der Waals surface area contributed by atoms with E-state index in [1.807, 2.05) is 6.92 Å². The maximum Gasteiger partial charge on any atom is 0.417 e. The minimum absolute atomic E-state index is 0.135. The molecule has 112 valence electrons. The molecule has 4 nitrogen and oxygen atoms in total. The molecule has 2 rings (SSSR count). The topological polar surface area (TPSA) is 49.2 Å². The number of aliphatic hydroxyl groups is 1. The number of aromatic nitrogens is 2. The van der Waals surface area contributed by atoms with Crippen LogP contribution in [0.3, 0.4) is 0 Å². The normalized spacial score (nSPS) is 19.2. The van der Waals surface area contributed by atoms with Crippen LogP contribution in [0.2, 0.25) is 0 Å². The molecule has 0 aliphatic carbocycles. The first-order valence-corrected chi connectivity index (χ1v) is 6.64. The predicted octanol–water partition coefficient (Wildman–Crippen LogP) is 2.24. The Labute approximate surface area is 115 Å². The maximum atomic E-state index is 12.7. The monoisotopic (exact) mass is 289 g/mol. The van der Waals surface area contributed by atoms with Gasteiger partial charge in [0.2, 0.25) is 0 Å². The van der Waals surface area contributed by atoms with Crippen LogP contribution in [0.1, 0.15) is 31.3 Å². The molecule has 0 saturated carbocycles. The van der Waals surface area contributed by atoms with E-state index in [1.165, 1.54) is 0 Å². The van der Waals surface area contributed by atoms with Crippen LogP contribution < -0.4 is 4.90 Å². The number of alkyl halides is 3. The molecule has 1 aromatic rings. The molecule has 7 heteroatoms. The fourth-order valence-corrected chi connectivity index (χ4v) is 2.34. The molecule has 1 aliphatic heterocycles. The third-order valence-electron chi connectivity index (χ3n) is 3.68. The first kappa shape index (κ1) is 15.0. The van der Waals surface area contributed by atoms with E-state index in [-0.39, 0.29) is 25.9 Å². The van der Waals surface area contributed by atoms with Gasteiger partial charge in [0.15, 0.2) is 5.60 Å². The second kappa shape index (κ2) is 5.20. The highest BCUT2D eigenvalue weighted by Crippen LogP contribution is 2.39. The van der Waals surface area contributed by atoms with Crippen molar-refractivity contribution in [3.63, 3.8) is 0 Å². The lowest BCUT2D eigenvalue weighted by Gasteiger charge is -2.39. The van der Waals surface area contributed by atoms with E-state index in [2.05, 4.69) is 9.97 Å². The zero-order valence-corrected chi connectivity index (χ0v) is 11.5. The van der Waals surface area contributed by atoms with E-state index >= 15 is 0 Å². The van der Waals surface area contributed by atoms with Gasteiger partial charge in [-0.2, -0.15) is 13.2 Å². The number of halogens is 3. The van der Waals surface area contributed by atoms with E-state index in [0.29, 0.717) is 11.6 Å². The summed E-state index contributed by atoms with van der Waals surface area (Å²) in [4.78, 5) is 10.3. The van der Waals surface area contributed by atoms with Gasteiger partial charge in [-0.1, -0.05) is 6.92 Å². The lowest BCUT2D eigenvalue weighted by molar-refractivity contribution is -0.266. The Kier molecular flexibility index (Phi) is 3.90. The van der Waals surface area contributed by atoms with E-state index in [0.717, 1.165) is 12.1 Å². The van der Waals surface area contributed by atoms with Gasteiger partial charge in [-0.05, 0) is 13.3 Å². The summed E-state index contributed by atoms with van der Waals surface area (Å²) >= 11 is 0. The molecule has 2 heterocycles. The number of anilines is 1. The van der Waals surface area contributed by atoms with Gasteiger partial charge in [-0.15, -0.1) is 0 Å². The van der Waals surface area contributed by atoms with Gasteiger partial charge in [-0.3, -0.25) is 0 Å². The number of hydrogen-bond donors (Lipinski definition) is 1. The number of rotatable bonds is 2. The summed E-state index contributed by atoms with van der Waals surface area (Å²) in [5.41, 5.74) is -1.71. The Hall–Kier alpha value is -1.37. The minimum Gasteiger partial charge on any atom is -0.380 e. The largest absolute Gasteiger partial charge is 0.417 e. The summed E-state index contributed by atoms with van der Waals surface area (Å²) in [6, 6.07) is 1.80. The van der Waals surface area contributed by atoms with Crippen LogP contribution >= 0.6 is 0 Å². The fourth-order valence-electron chi connectivity index (χ4n) is 2.34. The molecule has 0 spiro atoms. The van der Waals surface area contributed by atoms with Crippen molar-refractivity contribution in [2.45, 2.75) is 44.9 Å². The van der Waals surface area contributed by atoms with E-state index in [4.69, 9.17) is 0 Å². The highest BCUT2D eigenvalue weighted by molar-refractivity contribution is 5.40. The Balaban J connectivity index is 2.13. The van der Waals surface area contributed by atoms with E-state index in [9.17, 15) is 18.3 Å². The molecule has 20 heavy (non-hydrogen) atoms. The van der Waals surface area contributed by atoms with Crippen molar-refractivity contribution in [2.24, 2.45) is 0 Å². The van der Waals surface area contributed by atoms with Crippen LogP contribution in [0.25, 0.3) is 0 Å². The quantitative estimate of drug-likeness (QED) is 0.907. The Morgan fingerprint density at radius 2 is 1.90 bits per heavy atom. The molecule has 0 unspecified atom stereocenters. The second-order valence-electron chi connectivity index (χ2n) is 5.13. The molecule has 0 atom stereocenters. The first-order chi connectivity index (χ1) is 9.25. The molecule has 0 amide bonds. The third-order valence-corrected chi connectivity index (χ3v) is 3.68. The van der Waals surface area contributed by atoms with E-state index < -0.39 is 11.8 Å². The summed E-state index contributed by atoms with van der Waals surface area (Å²) in [5.74, 6) is 1.24. The fraction of sp³-hybridized carbons (Fsp3) is 0.692. The van der Waals surface area contributed by atoms with Crippen molar-refractivity contribution in [2.75, 3.05) is 18.0 Å². The predicted molar refractivity (Wildman–Crippen MR) is 68.6 cm³/mol. The van der Waals surface area contributed by atoms with Crippen molar-refractivity contribution in [3.8, 4) is 0 Å². The van der Waals surface area contributed by atoms with E-state index in [1.54, 1.807) is 17.9 Å². The molecule has 1 saturated heterocycles. The molecular formula is C13H18F3N3O. The summed E-state index contributed by atoms with van der Waals surface area (Å²) in [5, 5.41) is 9.64. The van der Waals surface area contributed by atoms with Crippen molar-refractivity contribution in [3.05, 3.63) is 17.6 Å². The molecule has 1 aromatic heterocycles. The zero-order chi connectivity index (χ0) is 15.0. The Morgan fingerprint density at radius 1 is 1.30 bits per heavy atom. The average Bonchev–Trinajstić information content (AvgIpc) is 2.37. The van der Waals surface area contributed by atoms with Crippen LogP contribution in [0.4, 0.5) is 19.0 Å². The lowest BCUT2D eigenvalue weighted by atomic mass is 9.91. The summed E-state index contributed by atoms with van der Waals surface area (Å²) in [6.45, 7) is 3.99. The molecule has 1 fully saturated rings. The smallest absolute Gasteiger partial charge is 0.380 e. The third kappa shape index (κ3) is 2.87. The van der Waals surface area contributed by atoms with Gasteiger partial charge in [0.05, 0.1) is 0 Å². The first-order valence-electron chi connectivity index (χ1n) is 6.64. The highest BCUT2D eigenvalue weighted by Gasteiger charge is 2.54. The Morgan fingerprint density at radius 3 is 2.40 bits per heavy atom. The van der Waals surface area contributed by atoms with Crippen molar-refractivity contribution in [1.82, 2.24) is 9.97 Å². The second-order valence-corrected chi connectivity index (χ2v) is 5.13. The highest BCUT2D eigenvalue weighted by atomic mass is 19.4. The molecular weight excluding hydrogens is 271 g/mol. The number of hydrogen-bond acceptors (Lipinski definition) is 4. The van der Waals surface area contributed by atoms with Crippen LogP contribution in [0.5, 0.6) is 0 Å². The van der Waals surface area contributed by atoms with Gasteiger partial charge < -0.3 is 10.0 Å². The van der Waals surface area contributed by atoms with Crippen LogP contribution in [0, 0.1) is 6.92 Å². The van der Waals surface area contributed by atoms with Crippen molar-refractivity contribution < 1.29 is 18.3 Å². The van der Waals surface area contributed by atoms with Gasteiger partial charge in [-0.25, -0.2) is 9.97 Å². The lowest BCUT2D eigenvalue weighted by Crippen LogP contribution is -2.53. The van der Waals surface area contributed by atoms with Crippen LogP contribution in [-0.4, -0.2) is 39.9 Å². The van der Waals surface area contributed by atoms with Crippen molar-refractivity contribution in [1.29, 1.82) is 0 Å². The zero-order valence-electron chi connectivity index (χ0n) is 11.5. The van der Waals surface area contributed by atoms with Crippen LogP contribution in [0.15, 0.2) is 6.07 Å². The minimum atomic E-state index is -4.57. The van der Waals surface area contributed by atoms with Gasteiger partial charge in [0.1, 0.15) is 11.6 Å². The van der Waals surface area contributed by atoms with Gasteiger partial charge in [0, 0.05) is 37.7 Å². The number of aryl methyl sites for hydroxylation is 2. The number of piperidine rings is 1. The molecule has 0 radical (unpaired) electrons. The van der Waals surface area contributed by atoms with Crippen LogP contribution in [-0.2, 0) is 6.42 Å². The maximum absolute atomic E-state index is 12.7. The average molecular weight is 289 g/mol. The summed E-state index contributed by atoms with van der Waals surface area (Å²) in [6.07, 6.45) is -4.49. The van der Waals surface area contributed by atoms with Crippen molar-refractivity contribution >= 4 is 5.82 Å². The SMILES string of the molecule is CCc1cc(N2CCC(O)(C(F)(F)F)CC2)nc(C)n1. The summed E-state index contributed by atoms with van der Waals surface area (Å²) < 4.78 is 38.2. The molecule has 0 bridgehead atoms.